The van der Waals surface area contributed by atoms with Crippen molar-refractivity contribution in [2.24, 2.45) is 28.6 Å². The molecule has 0 aromatic rings. The fourth-order valence-electron chi connectivity index (χ4n) is 4.51. The van der Waals surface area contributed by atoms with Gasteiger partial charge >= 0.3 is 0 Å². The summed E-state index contributed by atoms with van der Waals surface area (Å²) < 4.78 is 0. The molecule has 18 heavy (non-hydrogen) atoms. The van der Waals surface area contributed by atoms with E-state index in [2.05, 4.69) is 10.1 Å². The third-order valence-corrected chi connectivity index (χ3v) is 5.42. The lowest BCUT2D eigenvalue weighted by Gasteiger charge is -2.38. The first-order valence-electron chi connectivity index (χ1n) is 7.49. The van der Waals surface area contributed by atoms with Crippen LogP contribution in [0, 0.1) is 17.8 Å². The van der Waals surface area contributed by atoms with E-state index >= 15 is 0 Å². The number of oxime groups is 1. The van der Waals surface area contributed by atoms with Gasteiger partial charge in [0.2, 0.25) is 0 Å². The van der Waals surface area contributed by atoms with Gasteiger partial charge in [-0.2, -0.15) is 0 Å². The van der Waals surface area contributed by atoms with Crippen LogP contribution in [0.1, 0.15) is 44.9 Å². The molecular formula is C14H25N3O. The number of amidine groups is 1. The maximum Gasteiger partial charge on any atom is 0.156 e. The second-order valence-electron chi connectivity index (χ2n) is 6.47. The van der Waals surface area contributed by atoms with Crippen LogP contribution in [0.2, 0.25) is 0 Å². The summed E-state index contributed by atoms with van der Waals surface area (Å²) in [5.74, 6) is 3.26. The van der Waals surface area contributed by atoms with Crippen molar-refractivity contribution in [2.45, 2.75) is 51.0 Å². The monoisotopic (exact) mass is 251 g/mol. The minimum atomic E-state index is 0.183. The van der Waals surface area contributed by atoms with Gasteiger partial charge in [0.25, 0.3) is 0 Å². The van der Waals surface area contributed by atoms with E-state index in [-0.39, 0.29) is 6.04 Å². The Labute approximate surface area is 109 Å². The maximum absolute atomic E-state index is 8.91. The van der Waals surface area contributed by atoms with E-state index in [4.69, 9.17) is 10.9 Å². The van der Waals surface area contributed by atoms with Gasteiger partial charge in [-0.1, -0.05) is 18.0 Å². The molecule has 1 saturated heterocycles. The molecule has 2 aliphatic carbocycles. The molecule has 0 aromatic carbocycles. The van der Waals surface area contributed by atoms with Gasteiger partial charge in [-0.05, 0) is 56.4 Å². The molecule has 3 fully saturated rings. The smallest absolute Gasteiger partial charge is 0.156 e. The van der Waals surface area contributed by atoms with Gasteiger partial charge in [-0.25, -0.2) is 0 Å². The topological polar surface area (TPSA) is 61.9 Å². The van der Waals surface area contributed by atoms with Crippen molar-refractivity contribution in [2.75, 3.05) is 13.1 Å². The second-order valence-corrected chi connectivity index (χ2v) is 6.47. The number of nitrogens with zero attached hydrogens (tertiary/aromatic N) is 2. The van der Waals surface area contributed by atoms with Crippen LogP contribution in [0.15, 0.2) is 5.16 Å². The van der Waals surface area contributed by atoms with Crippen LogP contribution in [0.25, 0.3) is 0 Å². The molecule has 4 heteroatoms. The van der Waals surface area contributed by atoms with Crippen LogP contribution in [0.4, 0.5) is 0 Å². The predicted molar refractivity (Wildman–Crippen MR) is 71.6 cm³/mol. The van der Waals surface area contributed by atoms with Crippen molar-refractivity contribution in [3.05, 3.63) is 0 Å². The fourth-order valence-corrected chi connectivity index (χ4v) is 4.51. The Morgan fingerprint density at radius 1 is 1.22 bits per heavy atom. The molecule has 1 aliphatic heterocycles. The van der Waals surface area contributed by atoms with Gasteiger partial charge in [0.05, 0.1) is 6.04 Å². The Balaban J connectivity index is 1.63. The summed E-state index contributed by atoms with van der Waals surface area (Å²) in [4.78, 5) is 2.48. The van der Waals surface area contributed by atoms with Crippen molar-refractivity contribution < 1.29 is 5.21 Å². The molecule has 1 heterocycles. The molecule has 4 unspecified atom stereocenters. The molecule has 3 rings (SSSR count). The van der Waals surface area contributed by atoms with Gasteiger partial charge in [0.15, 0.2) is 5.84 Å². The Kier molecular flexibility index (Phi) is 3.46. The highest BCUT2D eigenvalue weighted by atomic mass is 16.4. The van der Waals surface area contributed by atoms with Crippen molar-refractivity contribution in [3.63, 3.8) is 0 Å². The summed E-state index contributed by atoms with van der Waals surface area (Å²) in [5.41, 5.74) is 5.85. The van der Waals surface area contributed by atoms with Crippen LogP contribution >= 0.6 is 0 Å². The normalized spacial score (nSPS) is 41.4. The van der Waals surface area contributed by atoms with Gasteiger partial charge in [-0.3, -0.25) is 4.90 Å². The molecule has 2 bridgehead atoms. The van der Waals surface area contributed by atoms with Crippen LogP contribution < -0.4 is 5.73 Å². The number of likely N-dealkylation sites (tertiary alicyclic amines) is 1. The first kappa shape index (κ1) is 12.3. The first-order chi connectivity index (χ1) is 8.78. The zero-order valence-electron chi connectivity index (χ0n) is 11.1. The van der Waals surface area contributed by atoms with Gasteiger partial charge in [0, 0.05) is 6.54 Å². The van der Waals surface area contributed by atoms with Crippen LogP contribution in [0.3, 0.4) is 0 Å². The molecular weight excluding hydrogens is 226 g/mol. The van der Waals surface area contributed by atoms with E-state index in [0.29, 0.717) is 5.84 Å². The zero-order valence-corrected chi connectivity index (χ0v) is 11.1. The predicted octanol–water partition coefficient (Wildman–Crippen LogP) is 2.02. The Bertz CT molecular complexity index is 331. The highest BCUT2D eigenvalue weighted by Crippen LogP contribution is 2.48. The lowest BCUT2D eigenvalue weighted by atomic mass is 9.87. The average molecular weight is 251 g/mol. The third kappa shape index (κ3) is 2.22. The molecule has 0 spiro atoms. The van der Waals surface area contributed by atoms with Crippen LogP contribution in [-0.2, 0) is 0 Å². The van der Waals surface area contributed by atoms with Crippen molar-refractivity contribution in [3.8, 4) is 0 Å². The lowest BCUT2D eigenvalue weighted by Crippen LogP contribution is -2.49. The number of nitrogens with two attached hydrogens (primary N) is 1. The van der Waals surface area contributed by atoms with Crippen molar-refractivity contribution >= 4 is 5.84 Å². The molecule has 0 amide bonds. The Hall–Kier alpha value is -0.770. The van der Waals surface area contributed by atoms with E-state index in [1.54, 1.807) is 0 Å². The molecule has 4 atom stereocenters. The molecule has 2 saturated carbocycles. The van der Waals surface area contributed by atoms with Crippen LogP contribution in [-0.4, -0.2) is 35.1 Å². The van der Waals surface area contributed by atoms with E-state index in [1.165, 1.54) is 45.1 Å². The highest BCUT2D eigenvalue weighted by molar-refractivity contribution is 5.85. The second kappa shape index (κ2) is 5.08. The number of piperidine rings is 1. The SMILES string of the molecule is NC(=NO)C1CCCCN1CC1CC2CCC1C2. The van der Waals surface area contributed by atoms with E-state index in [1.807, 2.05) is 0 Å². The quantitative estimate of drug-likeness (QED) is 0.349. The molecule has 0 aromatic heterocycles. The first-order valence-corrected chi connectivity index (χ1v) is 7.49. The van der Waals surface area contributed by atoms with E-state index in [9.17, 15) is 0 Å². The van der Waals surface area contributed by atoms with Crippen molar-refractivity contribution in [1.29, 1.82) is 0 Å². The molecule has 4 nitrogen and oxygen atoms in total. The molecule has 0 radical (unpaired) electrons. The number of hydrogen-bond donors (Lipinski definition) is 2. The largest absolute Gasteiger partial charge is 0.409 e. The summed E-state index contributed by atoms with van der Waals surface area (Å²) in [6.07, 6.45) is 9.31. The third-order valence-electron chi connectivity index (χ3n) is 5.42. The summed E-state index contributed by atoms with van der Waals surface area (Å²) in [6, 6.07) is 0.183. The average Bonchev–Trinajstić information content (AvgIpc) is 3.01. The van der Waals surface area contributed by atoms with Gasteiger partial charge < -0.3 is 10.9 Å². The minimum Gasteiger partial charge on any atom is -0.409 e. The number of hydrogen-bond acceptors (Lipinski definition) is 3. The maximum atomic E-state index is 8.91. The standard InChI is InChI=1S/C14H25N3O/c15-14(16-18)13-3-1-2-6-17(13)9-12-8-10-4-5-11(12)7-10/h10-13,18H,1-9H2,(H2,15,16). The van der Waals surface area contributed by atoms with E-state index < -0.39 is 0 Å². The highest BCUT2D eigenvalue weighted by Gasteiger charge is 2.41. The zero-order chi connectivity index (χ0) is 12.5. The Morgan fingerprint density at radius 2 is 2.11 bits per heavy atom. The summed E-state index contributed by atoms with van der Waals surface area (Å²) in [5, 5.41) is 12.1. The summed E-state index contributed by atoms with van der Waals surface area (Å²) in [6.45, 7) is 2.29. The molecule has 3 aliphatic rings. The van der Waals surface area contributed by atoms with E-state index in [0.717, 1.165) is 30.7 Å². The lowest BCUT2D eigenvalue weighted by molar-refractivity contribution is 0.137. The minimum absolute atomic E-state index is 0.183. The molecule has 102 valence electrons. The van der Waals surface area contributed by atoms with Gasteiger partial charge in [0.1, 0.15) is 0 Å². The summed E-state index contributed by atoms with van der Waals surface area (Å²) >= 11 is 0. The number of fused-ring (bicyclic) bond motifs is 2. The fraction of sp³-hybridized carbons (Fsp3) is 0.929. The van der Waals surface area contributed by atoms with Gasteiger partial charge in [-0.15, -0.1) is 0 Å². The van der Waals surface area contributed by atoms with Crippen LogP contribution in [0.5, 0.6) is 0 Å². The molecule has 3 N–H and O–H groups in total. The summed E-state index contributed by atoms with van der Waals surface area (Å²) in [7, 11) is 0. The number of rotatable bonds is 3. The van der Waals surface area contributed by atoms with Crippen molar-refractivity contribution in [1.82, 2.24) is 4.90 Å². The Morgan fingerprint density at radius 3 is 2.78 bits per heavy atom.